The van der Waals surface area contributed by atoms with Crippen molar-refractivity contribution in [3.05, 3.63) is 89.9 Å². The van der Waals surface area contributed by atoms with Gasteiger partial charge in [0.05, 0.1) is 24.1 Å². The third-order valence-electron chi connectivity index (χ3n) is 4.34. The monoisotopic (exact) mass is 378 g/mol. The van der Waals surface area contributed by atoms with Crippen LogP contribution in [0.25, 0.3) is 0 Å². The van der Waals surface area contributed by atoms with Crippen molar-refractivity contribution < 1.29 is 0 Å². The average molecular weight is 379 g/mol. The Morgan fingerprint density at radius 3 is 2.74 bits per heavy atom. The number of aromatic nitrogens is 3. The molecule has 1 atom stereocenters. The molecule has 4 rings (SSSR count). The lowest BCUT2D eigenvalue weighted by atomic mass is 9.94. The number of hydrogen-bond donors (Lipinski definition) is 2. The van der Waals surface area contributed by atoms with E-state index < -0.39 is 0 Å². The summed E-state index contributed by atoms with van der Waals surface area (Å²) >= 11 is 6.20. The summed E-state index contributed by atoms with van der Waals surface area (Å²) < 4.78 is 0. The van der Waals surface area contributed by atoms with Crippen LogP contribution in [0.2, 0.25) is 5.15 Å². The third-order valence-corrected chi connectivity index (χ3v) is 4.55. The summed E-state index contributed by atoms with van der Waals surface area (Å²) in [6.07, 6.45) is 17.5. The molecule has 0 aromatic carbocycles. The van der Waals surface area contributed by atoms with Crippen LogP contribution in [0.1, 0.15) is 0 Å². The average Bonchev–Trinajstić information content (AvgIpc) is 2.74. The zero-order valence-electron chi connectivity index (χ0n) is 14.6. The van der Waals surface area contributed by atoms with E-state index >= 15 is 0 Å². The van der Waals surface area contributed by atoms with Gasteiger partial charge in [0.2, 0.25) is 0 Å². The summed E-state index contributed by atoms with van der Waals surface area (Å²) in [6, 6.07) is 5.52. The molecule has 2 aliphatic heterocycles. The second-order valence-corrected chi connectivity index (χ2v) is 6.51. The van der Waals surface area contributed by atoms with Gasteiger partial charge >= 0.3 is 0 Å². The minimum absolute atomic E-state index is 0.0940. The molecule has 0 saturated carbocycles. The summed E-state index contributed by atoms with van der Waals surface area (Å²) in [4.78, 5) is 15.1. The summed E-state index contributed by atoms with van der Waals surface area (Å²) in [6.45, 7) is 1.55. The fourth-order valence-corrected chi connectivity index (χ4v) is 3.37. The normalized spacial score (nSPS) is 16.6. The highest BCUT2D eigenvalue weighted by molar-refractivity contribution is 6.29. The molecule has 0 spiro atoms. The Labute approximate surface area is 163 Å². The Morgan fingerprint density at radius 2 is 2.04 bits per heavy atom. The van der Waals surface area contributed by atoms with Gasteiger partial charge in [-0.3, -0.25) is 0 Å². The molecule has 0 amide bonds. The van der Waals surface area contributed by atoms with Crippen molar-refractivity contribution in [3.8, 4) is 0 Å². The van der Waals surface area contributed by atoms with Crippen LogP contribution in [0.5, 0.6) is 0 Å². The lowest BCUT2D eigenvalue weighted by Crippen LogP contribution is -2.39. The fraction of sp³-hybridized carbons (Fsp3) is 0.150. The van der Waals surface area contributed by atoms with Gasteiger partial charge in [-0.1, -0.05) is 35.9 Å². The van der Waals surface area contributed by atoms with Gasteiger partial charge in [-0.2, -0.15) is 0 Å². The zero-order chi connectivity index (χ0) is 18.5. The first kappa shape index (κ1) is 17.3. The van der Waals surface area contributed by atoms with E-state index in [1.165, 1.54) is 11.9 Å². The van der Waals surface area contributed by atoms with Gasteiger partial charge in [0.1, 0.15) is 17.3 Å². The molecule has 2 aromatic rings. The molecule has 1 unspecified atom stereocenters. The Morgan fingerprint density at radius 1 is 1.15 bits per heavy atom. The molecule has 136 valence electrons. The molecule has 0 radical (unpaired) electrons. The number of nitrogens with zero attached hydrogens (tertiary/aromatic N) is 4. The van der Waals surface area contributed by atoms with Crippen LogP contribution in [-0.4, -0.2) is 34.1 Å². The van der Waals surface area contributed by atoms with Crippen LogP contribution in [0, 0.1) is 0 Å². The largest absolute Gasteiger partial charge is 0.387 e. The van der Waals surface area contributed by atoms with Gasteiger partial charge in [0, 0.05) is 19.3 Å². The molecule has 0 bridgehead atoms. The number of pyridine rings is 1. The van der Waals surface area contributed by atoms with Crippen LogP contribution in [0.3, 0.4) is 0 Å². The second kappa shape index (κ2) is 8.05. The molecule has 0 aliphatic carbocycles. The van der Waals surface area contributed by atoms with E-state index in [0.717, 1.165) is 30.2 Å². The van der Waals surface area contributed by atoms with Crippen molar-refractivity contribution in [2.45, 2.75) is 6.04 Å². The predicted octanol–water partition coefficient (Wildman–Crippen LogP) is 3.12. The maximum atomic E-state index is 6.20. The van der Waals surface area contributed by atoms with Crippen molar-refractivity contribution in [1.82, 2.24) is 25.6 Å². The number of rotatable bonds is 5. The van der Waals surface area contributed by atoms with Crippen LogP contribution in [0.15, 0.2) is 84.8 Å². The van der Waals surface area contributed by atoms with E-state index in [1.807, 2.05) is 30.6 Å². The topological polar surface area (TPSA) is 66.0 Å². The number of allylic oxidation sites excluding steroid dienone is 2. The van der Waals surface area contributed by atoms with Gasteiger partial charge in [0.25, 0.3) is 0 Å². The zero-order valence-corrected chi connectivity index (χ0v) is 15.3. The Hall–Kier alpha value is -3.12. The lowest BCUT2D eigenvalue weighted by Gasteiger charge is -2.36. The molecule has 4 heterocycles. The highest BCUT2D eigenvalue weighted by Gasteiger charge is 2.29. The van der Waals surface area contributed by atoms with E-state index in [-0.39, 0.29) is 6.04 Å². The minimum Gasteiger partial charge on any atom is -0.387 e. The van der Waals surface area contributed by atoms with Crippen LogP contribution >= 0.6 is 11.6 Å². The number of dihydropyridines is 2. The van der Waals surface area contributed by atoms with E-state index in [2.05, 4.69) is 48.7 Å². The summed E-state index contributed by atoms with van der Waals surface area (Å²) in [5.74, 6) is 0.734. The van der Waals surface area contributed by atoms with Crippen molar-refractivity contribution in [3.63, 3.8) is 0 Å². The van der Waals surface area contributed by atoms with Gasteiger partial charge in [-0.05, 0) is 35.6 Å². The molecular weight excluding hydrogens is 360 g/mol. The smallest absolute Gasteiger partial charge is 0.135 e. The minimum atomic E-state index is -0.0940. The van der Waals surface area contributed by atoms with Crippen LogP contribution in [-0.2, 0) is 0 Å². The second-order valence-electron chi connectivity index (χ2n) is 6.12. The summed E-state index contributed by atoms with van der Waals surface area (Å²) in [5.41, 5.74) is 3.16. The number of nitrogens with one attached hydrogen (secondary N) is 2. The van der Waals surface area contributed by atoms with Crippen molar-refractivity contribution in [2.75, 3.05) is 18.0 Å². The molecule has 2 aromatic heterocycles. The van der Waals surface area contributed by atoms with Crippen LogP contribution < -0.4 is 15.5 Å². The third kappa shape index (κ3) is 3.85. The van der Waals surface area contributed by atoms with Gasteiger partial charge in [-0.25, -0.2) is 15.0 Å². The van der Waals surface area contributed by atoms with Crippen molar-refractivity contribution >= 4 is 23.1 Å². The summed E-state index contributed by atoms with van der Waals surface area (Å²) in [5, 5.41) is 7.04. The SMILES string of the molecule is Clc1cccc(N(c2cncnc2)C(C2=CNCC=C2)C2=CC=CNC2)n1. The fourth-order valence-electron chi connectivity index (χ4n) is 3.21. The summed E-state index contributed by atoms with van der Waals surface area (Å²) in [7, 11) is 0. The Bertz CT molecular complexity index is 919. The molecule has 0 fully saturated rings. The quantitative estimate of drug-likeness (QED) is 0.779. The molecule has 7 heteroatoms. The highest BCUT2D eigenvalue weighted by Crippen LogP contribution is 2.33. The standard InChI is InChI=1S/C20H19ClN6/c21-18-6-1-7-19(26-18)27(17-12-24-14-25-13-17)20(15-4-2-8-22-10-15)16-5-3-9-23-11-16/h1-8,11-14,20,22-23H,9-10H2. The van der Waals surface area contributed by atoms with E-state index in [9.17, 15) is 0 Å². The van der Waals surface area contributed by atoms with Crippen LogP contribution in [0.4, 0.5) is 11.5 Å². The molecule has 6 nitrogen and oxygen atoms in total. The van der Waals surface area contributed by atoms with E-state index in [4.69, 9.17) is 11.6 Å². The number of anilines is 2. The van der Waals surface area contributed by atoms with Crippen molar-refractivity contribution in [2.24, 2.45) is 0 Å². The Balaban J connectivity index is 1.88. The highest BCUT2D eigenvalue weighted by atomic mass is 35.5. The Kier molecular flexibility index (Phi) is 5.16. The van der Waals surface area contributed by atoms with Gasteiger partial charge in [-0.15, -0.1) is 0 Å². The maximum Gasteiger partial charge on any atom is 0.135 e. The van der Waals surface area contributed by atoms with Gasteiger partial charge < -0.3 is 15.5 Å². The van der Waals surface area contributed by atoms with Crippen molar-refractivity contribution in [1.29, 1.82) is 0 Å². The molecule has 2 N–H and O–H groups in total. The molecular formula is C20H19ClN6. The number of halogens is 1. The predicted molar refractivity (Wildman–Crippen MR) is 108 cm³/mol. The maximum absolute atomic E-state index is 6.20. The molecule has 0 saturated heterocycles. The van der Waals surface area contributed by atoms with E-state index in [1.54, 1.807) is 18.5 Å². The molecule has 2 aliphatic rings. The number of hydrogen-bond acceptors (Lipinski definition) is 6. The van der Waals surface area contributed by atoms with Gasteiger partial charge in [0.15, 0.2) is 0 Å². The first-order chi connectivity index (χ1) is 13.3. The van der Waals surface area contributed by atoms with E-state index in [0.29, 0.717) is 5.15 Å². The first-order valence-electron chi connectivity index (χ1n) is 8.69. The lowest BCUT2D eigenvalue weighted by molar-refractivity contribution is 0.759. The molecule has 27 heavy (non-hydrogen) atoms. The first-order valence-corrected chi connectivity index (χ1v) is 9.06.